The lowest BCUT2D eigenvalue weighted by molar-refractivity contribution is -0.192. The normalized spacial score (nSPS) is 33.4. The summed E-state index contributed by atoms with van der Waals surface area (Å²) in [5, 5.41) is 29.9. The molecular formula is C11H16FNO7. The predicted octanol–water partition coefficient (Wildman–Crippen LogP) is -2.01. The van der Waals surface area contributed by atoms with Crippen molar-refractivity contribution < 1.29 is 38.8 Å². The van der Waals surface area contributed by atoms with E-state index in [1.165, 1.54) is 6.92 Å². The van der Waals surface area contributed by atoms with Crippen LogP contribution >= 0.6 is 0 Å². The highest BCUT2D eigenvalue weighted by Crippen LogP contribution is 2.24. The van der Waals surface area contributed by atoms with Crippen LogP contribution in [0.2, 0.25) is 0 Å². The maximum absolute atomic E-state index is 13.7. The van der Waals surface area contributed by atoms with E-state index in [-0.39, 0.29) is 0 Å². The first-order chi connectivity index (χ1) is 9.16. The number of aliphatic hydroxyl groups excluding tert-OH is 2. The van der Waals surface area contributed by atoms with Gasteiger partial charge in [0.2, 0.25) is 5.91 Å². The van der Waals surface area contributed by atoms with Gasteiger partial charge < -0.3 is 25.4 Å². The van der Waals surface area contributed by atoms with Gasteiger partial charge in [0.25, 0.3) is 0 Å². The third-order valence-electron chi connectivity index (χ3n) is 2.91. The summed E-state index contributed by atoms with van der Waals surface area (Å²) in [4.78, 5) is 33.6. The van der Waals surface area contributed by atoms with E-state index in [0.717, 1.165) is 6.92 Å². The first-order valence-electron chi connectivity index (χ1n) is 5.86. The van der Waals surface area contributed by atoms with Gasteiger partial charge in [-0.2, -0.15) is 0 Å². The summed E-state index contributed by atoms with van der Waals surface area (Å²) in [5.41, 5.74) is 0. The maximum Gasteiger partial charge on any atom is 0.336 e. The van der Waals surface area contributed by atoms with Crippen LogP contribution in [0.15, 0.2) is 0 Å². The minimum atomic E-state index is -2.47. The van der Waals surface area contributed by atoms with Crippen LogP contribution in [0, 0.1) is 0 Å². The van der Waals surface area contributed by atoms with E-state index < -0.39 is 54.3 Å². The summed E-state index contributed by atoms with van der Waals surface area (Å²) >= 11 is 0. The highest BCUT2D eigenvalue weighted by molar-refractivity contribution is 5.96. The number of ether oxygens (including phenoxy) is 1. The van der Waals surface area contributed by atoms with Crippen LogP contribution in [0.4, 0.5) is 4.39 Å². The van der Waals surface area contributed by atoms with Crippen LogP contribution in [0.5, 0.6) is 0 Å². The lowest BCUT2D eigenvalue weighted by Crippen LogP contribution is -2.65. The third kappa shape index (κ3) is 3.30. The van der Waals surface area contributed by atoms with E-state index in [1.54, 1.807) is 0 Å². The van der Waals surface area contributed by atoms with Gasteiger partial charge in [-0.3, -0.25) is 9.59 Å². The Kier molecular flexibility index (Phi) is 5.15. The van der Waals surface area contributed by atoms with Crippen LogP contribution in [0.3, 0.4) is 0 Å². The molecule has 20 heavy (non-hydrogen) atoms. The number of carbonyl (C=O) groups is 3. The number of ketones is 1. The number of carboxylic acids is 1. The van der Waals surface area contributed by atoms with Crippen molar-refractivity contribution in [3.63, 3.8) is 0 Å². The SMILES string of the molecule is CC(=O)N[C@@H]1C(=O)[C@@H](F)[C@@H](C(=O)O)O[C@H]1[C@H](O)[C@@H](C)O. The van der Waals surface area contributed by atoms with Gasteiger partial charge in [-0.25, -0.2) is 9.18 Å². The molecule has 8 nitrogen and oxygen atoms in total. The molecule has 1 saturated heterocycles. The monoisotopic (exact) mass is 293 g/mol. The van der Waals surface area contributed by atoms with Crippen LogP contribution in [0.1, 0.15) is 13.8 Å². The minimum absolute atomic E-state index is 0.685. The van der Waals surface area contributed by atoms with E-state index in [1.807, 2.05) is 0 Å². The van der Waals surface area contributed by atoms with Crippen molar-refractivity contribution in [2.75, 3.05) is 0 Å². The molecule has 1 rings (SSSR count). The van der Waals surface area contributed by atoms with Gasteiger partial charge >= 0.3 is 5.97 Å². The lowest BCUT2D eigenvalue weighted by Gasteiger charge is -2.38. The topological polar surface area (TPSA) is 133 Å². The minimum Gasteiger partial charge on any atom is -0.479 e. The molecule has 0 spiro atoms. The molecule has 0 unspecified atom stereocenters. The average molecular weight is 293 g/mol. The first kappa shape index (κ1) is 16.5. The quantitative estimate of drug-likeness (QED) is 0.470. The van der Waals surface area contributed by atoms with Crippen molar-refractivity contribution >= 4 is 17.7 Å². The summed E-state index contributed by atoms with van der Waals surface area (Å²) in [6, 6.07) is -1.57. The van der Waals surface area contributed by atoms with Gasteiger partial charge in [0.05, 0.1) is 6.10 Å². The average Bonchev–Trinajstić information content (AvgIpc) is 2.33. The molecule has 114 valence electrons. The van der Waals surface area contributed by atoms with Crippen LogP contribution in [-0.4, -0.2) is 69.6 Å². The Balaban J connectivity index is 3.08. The summed E-state index contributed by atoms with van der Waals surface area (Å²) in [6.07, 6.45) is -9.15. The number of aliphatic carboxylic acids is 1. The molecule has 1 fully saturated rings. The Morgan fingerprint density at radius 1 is 1.40 bits per heavy atom. The van der Waals surface area contributed by atoms with E-state index in [2.05, 4.69) is 5.32 Å². The number of carboxylic acid groups (broad SMARTS) is 1. The number of halogens is 1. The van der Waals surface area contributed by atoms with Gasteiger partial charge in [-0.1, -0.05) is 0 Å². The molecule has 0 radical (unpaired) electrons. The summed E-state index contributed by atoms with van der Waals surface area (Å²) in [6.45, 7) is 2.25. The van der Waals surface area contributed by atoms with Crippen molar-refractivity contribution in [3.8, 4) is 0 Å². The Bertz CT molecular complexity index is 414. The fraction of sp³-hybridized carbons (Fsp3) is 0.727. The fourth-order valence-corrected chi connectivity index (χ4v) is 1.91. The number of alkyl halides is 1. The van der Waals surface area contributed by atoms with E-state index in [4.69, 9.17) is 9.84 Å². The zero-order valence-electron chi connectivity index (χ0n) is 10.8. The summed E-state index contributed by atoms with van der Waals surface area (Å²) in [5.74, 6) is -3.62. The molecule has 0 aromatic heterocycles. The molecule has 0 aromatic carbocycles. The fourth-order valence-electron chi connectivity index (χ4n) is 1.91. The zero-order chi connectivity index (χ0) is 15.6. The highest BCUT2D eigenvalue weighted by atomic mass is 19.1. The molecule has 0 bridgehead atoms. The lowest BCUT2D eigenvalue weighted by atomic mass is 9.90. The summed E-state index contributed by atoms with van der Waals surface area (Å²) < 4.78 is 18.5. The summed E-state index contributed by atoms with van der Waals surface area (Å²) in [7, 11) is 0. The number of rotatable bonds is 4. The Labute approximate surface area is 113 Å². The van der Waals surface area contributed by atoms with Crippen LogP contribution in [-0.2, 0) is 19.1 Å². The Hall–Kier alpha value is -1.58. The standard InChI is InChI=1S/C11H16FNO7/c1-3(14)7(16)10-6(13-4(2)15)8(17)5(12)9(20-10)11(18)19/h3,5-7,9-10,14,16H,1-2H3,(H,13,15)(H,18,19)/t3-,5-,6-,7-,9+,10-/m1/s1. The molecule has 0 aromatic rings. The number of hydrogen-bond donors (Lipinski definition) is 4. The molecule has 0 saturated carbocycles. The number of Topliss-reactive ketones (excluding diaryl/α,β-unsaturated/α-hetero) is 1. The maximum atomic E-state index is 13.7. The number of carbonyl (C=O) groups excluding carboxylic acids is 2. The van der Waals surface area contributed by atoms with Gasteiger partial charge in [0.15, 0.2) is 18.1 Å². The van der Waals surface area contributed by atoms with Crippen molar-refractivity contribution in [1.82, 2.24) is 5.32 Å². The smallest absolute Gasteiger partial charge is 0.336 e. The van der Waals surface area contributed by atoms with Crippen molar-refractivity contribution in [1.29, 1.82) is 0 Å². The Morgan fingerprint density at radius 3 is 2.35 bits per heavy atom. The molecule has 1 amide bonds. The molecule has 6 atom stereocenters. The van der Waals surface area contributed by atoms with Crippen LogP contribution < -0.4 is 5.32 Å². The van der Waals surface area contributed by atoms with Crippen LogP contribution in [0.25, 0.3) is 0 Å². The first-order valence-corrected chi connectivity index (χ1v) is 5.86. The van der Waals surface area contributed by atoms with Crippen molar-refractivity contribution in [3.05, 3.63) is 0 Å². The highest BCUT2D eigenvalue weighted by Gasteiger charge is 2.51. The largest absolute Gasteiger partial charge is 0.479 e. The molecule has 1 aliphatic rings. The molecule has 1 aliphatic heterocycles. The second-order valence-electron chi connectivity index (χ2n) is 4.57. The second kappa shape index (κ2) is 6.25. The number of hydrogen-bond acceptors (Lipinski definition) is 6. The third-order valence-corrected chi connectivity index (χ3v) is 2.91. The number of amides is 1. The molecular weight excluding hydrogens is 277 g/mol. The molecule has 1 heterocycles. The number of aliphatic hydroxyl groups is 2. The second-order valence-corrected chi connectivity index (χ2v) is 4.57. The van der Waals surface area contributed by atoms with E-state index in [9.17, 15) is 29.0 Å². The van der Waals surface area contributed by atoms with E-state index in [0.29, 0.717) is 0 Å². The van der Waals surface area contributed by atoms with Gasteiger partial charge in [0.1, 0.15) is 18.2 Å². The molecule has 4 N–H and O–H groups in total. The zero-order valence-corrected chi connectivity index (χ0v) is 10.8. The molecule has 0 aliphatic carbocycles. The predicted molar refractivity (Wildman–Crippen MR) is 61.5 cm³/mol. The molecule has 9 heteroatoms. The number of nitrogens with one attached hydrogen (secondary N) is 1. The van der Waals surface area contributed by atoms with Gasteiger partial charge in [-0.05, 0) is 6.92 Å². The van der Waals surface area contributed by atoms with E-state index >= 15 is 0 Å². The Morgan fingerprint density at radius 2 is 1.95 bits per heavy atom. The van der Waals surface area contributed by atoms with Gasteiger partial charge in [0, 0.05) is 6.92 Å². The van der Waals surface area contributed by atoms with Crippen molar-refractivity contribution in [2.24, 2.45) is 0 Å². The van der Waals surface area contributed by atoms with Gasteiger partial charge in [-0.15, -0.1) is 0 Å². The van der Waals surface area contributed by atoms with Crippen molar-refractivity contribution in [2.45, 2.75) is 50.5 Å².